The van der Waals surface area contributed by atoms with Gasteiger partial charge >= 0.3 is 0 Å². The first kappa shape index (κ1) is 11.3. The second kappa shape index (κ2) is 4.48. The summed E-state index contributed by atoms with van der Waals surface area (Å²) in [6.45, 7) is 2.84. The molecule has 0 amide bonds. The summed E-state index contributed by atoms with van der Waals surface area (Å²) in [5.74, 6) is 0.682. The maximum Gasteiger partial charge on any atom is 0.112 e. The number of nitrogens with zero attached hydrogens (tertiary/aromatic N) is 1. The second-order valence-electron chi connectivity index (χ2n) is 4.34. The zero-order valence-electron chi connectivity index (χ0n) is 9.55. The lowest BCUT2D eigenvalue weighted by molar-refractivity contribution is 0.539. The molecule has 3 atom stereocenters. The number of thiazole rings is 1. The van der Waals surface area contributed by atoms with Crippen molar-refractivity contribution in [2.24, 2.45) is 0 Å². The lowest BCUT2D eigenvalue weighted by Crippen LogP contribution is -2.41. The van der Waals surface area contributed by atoms with Crippen LogP contribution in [0.15, 0.2) is 24.3 Å². The number of para-hydroxylation sites is 1. The largest absolute Gasteiger partial charge is 0.306 e. The first-order valence-electron chi connectivity index (χ1n) is 5.70. The van der Waals surface area contributed by atoms with E-state index in [0.29, 0.717) is 5.75 Å². The van der Waals surface area contributed by atoms with E-state index < -0.39 is 10.8 Å². The normalized spacial score (nSPS) is 29.6. The summed E-state index contributed by atoms with van der Waals surface area (Å²) < 4.78 is 13.0. The van der Waals surface area contributed by atoms with Gasteiger partial charge in [0.25, 0.3) is 0 Å². The quantitative estimate of drug-likeness (QED) is 0.859. The molecule has 1 saturated heterocycles. The van der Waals surface area contributed by atoms with E-state index in [1.54, 1.807) is 11.3 Å². The molecule has 1 aliphatic heterocycles. The van der Waals surface area contributed by atoms with Crippen LogP contribution in [0.3, 0.4) is 0 Å². The minimum absolute atomic E-state index is 0.157. The van der Waals surface area contributed by atoms with Gasteiger partial charge < -0.3 is 5.32 Å². The smallest absolute Gasteiger partial charge is 0.112 e. The van der Waals surface area contributed by atoms with Crippen LogP contribution in [-0.4, -0.2) is 26.7 Å². The second-order valence-corrected chi connectivity index (χ2v) is 7.30. The number of nitrogens with one attached hydrogen (secondary N) is 1. The number of fused-ring (bicyclic) bond motifs is 1. The minimum Gasteiger partial charge on any atom is -0.306 e. The van der Waals surface area contributed by atoms with Crippen molar-refractivity contribution in [2.75, 3.05) is 12.3 Å². The van der Waals surface area contributed by atoms with E-state index in [2.05, 4.69) is 16.4 Å². The van der Waals surface area contributed by atoms with E-state index in [9.17, 15) is 4.21 Å². The van der Waals surface area contributed by atoms with Crippen LogP contribution in [0.5, 0.6) is 0 Å². The number of benzene rings is 1. The Labute approximate surface area is 107 Å². The predicted molar refractivity (Wildman–Crippen MR) is 72.8 cm³/mol. The Balaban J connectivity index is 1.91. The molecular formula is C12H14N2OS2. The number of hydrogen-bond acceptors (Lipinski definition) is 4. The molecule has 0 spiro atoms. The van der Waals surface area contributed by atoms with Crippen LogP contribution in [0, 0.1) is 0 Å². The van der Waals surface area contributed by atoms with E-state index in [1.165, 1.54) is 4.70 Å². The van der Waals surface area contributed by atoms with Gasteiger partial charge in [0.1, 0.15) is 5.01 Å². The third-order valence-electron chi connectivity index (χ3n) is 3.04. The Morgan fingerprint density at radius 3 is 3.06 bits per heavy atom. The van der Waals surface area contributed by atoms with E-state index in [0.717, 1.165) is 17.1 Å². The molecule has 3 unspecified atom stereocenters. The standard InChI is InChI=1S/C12H14N2OS2/c1-8-6-13-10(7-17(8)15)12-14-9-4-2-3-5-11(9)16-12/h2-5,8,10,13H,6-7H2,1H3. The van der Waals surface area contributed by atoms with Crippen molar-refractivity contribution >= 4 is 32.4 Å². The van der Waals surface area contributed by atoms with Crippen LogP contribution in [0.4, 0.5) is 0 Å². The van der Waals surface area contributed by atoms with Gasteiger partial charge in [-0.1, -0.05) is 12.1 Å². The van der Waals surface area contributed by atoms with Crippen molar-refractivity contribution in [1.29, 1.82) is 0 Å². The molecule has 0 aliphatic carbocycles. The highest BCUT2D eigenvalue weighted by molar-refractivity contribution is 7.85. The van der Waals surface area contributed by atoms with Crippen molar-refractivity contribution in [3.8, 4) is 0 Å². The maximum atomic E-state index is 11.8. The van der Waals surface area contributed by atoms with E-state index in [4.69, 9.17) is 0 Å². The Morgan fingerprint density at radius 2 is 2.29 bits per heavy atom. The molecule has 0 bridgehead atoms. The predicted octanol–water partition coefficient (Wildman–Crippen LogP) is 2.08. The summed E-state index contributed by atoms with van der Waals surface area (Å²) in [7, 11) is -0.733. The molecule has 17 heavy (non-hydrogen) atoms. The van der Waals surface area contributed by atoms with Gasteiger partial charge in [-0.25, -0.2) is 4.98 Å². The third kappa shape index (κ3) is 2.14. The van der Waals surface area contributed by atoms with Crippen LogP contribution in [-0.2, 0) is 10.8 Å². The molecule has 1 fully saturated rings. The summed E-state index contributed by atoms with van der Waals surface area (Å²) in [5, 5.41) is 4.74. The zero-order valence-corrected chi connectivity index (χ0v) is 11.2. The highest BCUT2D eigenvalue weighted by Crippen LogP contribution is 2.28. The summed E-state index contributed by atoms with van der Waals surface area (Å²) in [5.41, 5.74) is 1.04. The highest BCUT2D eigenvalue weighted by Gasteiger charge is 2.26. The van der Waals surface area contributed by atoms with E-state index in [1.807, 2.05) is 25.1 Å². The molecule has 1 aliphatic rings. The van der Waals surface area contributed by atoms with Crippen molar-refractivity contribution < 1.29 is 4.21 Å². The highest BCUT2D eigenvalue weighted by atomic mass is 32.2. The van der Waals surface area contributed by atoms with Crippen LogP contribution >= 0.6 is 11.3 Å². The summed E-state index contributed by atoms with van der Waals surface area (Å²) in [6.07, 6.45) is 0. The minimum atomic E-state index is -0.733. The molecule has 0 radical (unpaired) electrons. The zero-order chi connectivity index (χ0) is 11.8. The molecule has 3 nitrogen and oxygen atoms in total. The van der Waals surface area contributed by atoms with Gasteiger partial charge in [0.15, 0.2) is 0 Å². The van der Waals surface area contributed by atoms with Gasteiger partial charge in [-0.2, -0.15) is 0 Å². The van der Waals surface area contributed by atoms with Gasteiger partial charge in [0.2, 0.25) is 0 Å². The molecule has 0 saturated carbocycles. The van der Waals surface area contributed by atoms with E-state index >= 15 is 0 Å². The number of rotatable bonds is 1. The van der Waals surface area contributed by atoms with Gasteiger partial charge in [0.05, 0.1) is 16.3 Å². The first-order chi connectivity index (χ1) is 8.24. The van der Waals surface area contributed by atoms with Gasteiger partial charge in [-0.05, 0) is 19.1 Å². The SMILES string of the molecule is CC1CNC(c2nc3ccccc3s2)CS1=O. The van der Waals surface area contributed by atoms with Crippen molar-refractivity contribution in [2.45, 2.75) is 18.2 Å². The molecule has 2 aromatic rings. The Kier molecular flexibility index (Phi) is 2.98. The first-order valence-corrected chi connectivity index (χ1v) is 7.90. The van der Waals surface area contributed by atoms with Crippen molar-refractivity contribution in [3.05, 3.63) is 29.3 Å². The van der Waals surface area contributed by atoms with Gasteiger partial charge in [0, 0.05) is 28.3 Å². The molecule has 1 aromatic heterocycles. The van der Waals surface area contributed by atoms with E-state index in [-0.39, 0.29) is 11.3 Å². The Hall–Kier alpha value is -0.780. The topological polar surface area (TPSA) is 42.0 Å². The fraction of sp³-hybridized carbons (Fsp3) is 0.417. The fourth-order valence-electron chi connectivity index (χ4n) is 1.99. The molecule has 5 heteroatoms. The Morgan fingerprint density at radius 1 is 1.47 bits per heavy atom. The molecule has 1 aromatic carbocycles. The van der Waals surface area contributed by atoms with Gasteiger partial charge in [-0.3, -0.25) is 4.21 Å². The third-order valence-corrected chi connectivity index (χ3v) is 5.92. The fourth-order valence-corrected chi connectivity index (χ4v) is 4.35. The molecule has 1 N–H and O–H groups in total. The maximum absolute atomic E-state index is 11.8. The summed E-state index contributed by atoms with van der Waals surface area (Å²) >= 11 is 1.70. The molecule has 3 rings (SSSR count). The molecule has 2 heterocycles. The monoisotopic (exact) mass is 266 g/mol. The van der Waals surface area contributed by atoms with Crippen LogP contribution in [0.2, 0.25) is 0 Å². The van der Waals surface area contributed by atoms with Crippen LogP contribution in [0.1, 0.15) is 18.0 Å². The van der Waals surface area contributed by atoms with Crippen molar-refractivity contribution in [1.82, 2.24) is 10.3 Å². The van der Waals surface area contributed by atoms with Crippen LogP contribution < -0.4 is 5.32 Å². The van der Waals surface area contributed by atoms with Gasteiger partial charge in [-0.15, -0.1) is 11.3 Å². The Bertz CT molecular complexity index is 533. The summed E-state index contributed by atoms with van der Waals surface area (Å²) in [6, 6.07) is 8.29. The number of aromatic nitrogens is 1. The average molecular weight is 266 g/mol. The molecule has 90 valence electrons. The molecular weight excluding hydrogens is 252 g/mol. The van der Waals surface area contributed by atoms with Crippen molar-refractivity contribution in [3.63, 3.8) is 0 Å². The lowest BCUT2D eigenvalue weighted by atomic mass is 10.3. The summed E-state index contributed by atoms with van der Waals surface area (Å²) in [4.78, 5) is 4.62. The lowest BCUT2D eigenvalue weighted by Gasteiger charge is -2.25. The number of hydrogen-bond donors (Lipinski definition) is 1. The average Bonchev–Trinajstić information content (AvgIpc) is 2.76. The van der Waals surface area contributed by atoms with Crippen LogP contribution in [0.25, 0.3) is 10.2 Å².